The van der Waals surface area contributed by atoms with Crippen molar-refractivity contribution in [1.82, 2.24) is 10.4 Å². The number of hydrazine groups is 1. The zero-order chi connectivity index (χ0) is 16.9. The SMILES string of the molecule is CC(=O)NN1C(=O)/C(=C2/Sc3cc(Cl)c(Cl)cc3N2C)SC1=S. The van der Waals surface area contributed by atoms with Crippen LogP contribution in [-0.2, 0) is 9.59 Å². The molecule has 2 amide bonds. The van der Waals surface area contributed by atoms with Crippen molar-refractivity contribution in [2.24, 2.45) is 0 Å². The number of hydrogen-bond acceptors (Lipinski definition) is 6. The zero-order valence-electron chi connectivity index (χ0n) is 11.8. The lowest BCUT2D eigenvalue weighted by atomic mass is 10.3. The molecule has 1 aromatic carbocycles. The van der Waals surface area contributed by atoms with Crippen LogP contribution < -0.4 is 10.3 Å². The summed E-state index contributed by atoms with van der Waals surface area (Å²) in [6, 6.07) is 3.52. The van der Waals surface area contributed by atoms with Crippen LogP contribution in [0.15, 0.2) is 27.0 Å². The zero-order valence-corrected chi connectivity index (χ0v) is 15.8. The summed E-state index contributed by atoms with van der Waals surface area (Å²) in [6.45, 7) is 1.32. The van der Waals surface area contributed by atoms with E-state index in [0.717, 1.165) is 32.4 Å². The highest BCUT2D eigenvalue weighted by Gasteiger charge is 2.39. The van der Waals surface area contributed by atoms with Gasteiger partial charge in [0, 0.05) is 18.9 Å². The molecule has 1 aromatic rings. The molecule has 5 nitrogen and oxygen atoms in total. The first-order chi connectivity index (χ1) is 10.8. The normalized spacial score (nSPS) is 20.3. The highest BCUT2D eigenvalue weighted by molar-refractivity contribution is 8.27. The lowest BCUT2D eigenvalue weighted by Gasteiger charge is -2.16. The second-order valence-corrected chi connectivity index (χ2v) is 8.20. The summed E-state index contributed by atoms with van der Waals surface area (Å²) < 4.78 is 0.286. The molecule has 2 heterocycles. The van der Waals surface area contributed by atoms with Crippen molar-refractivity contribution in [3.05, 3.63) is 32.1 Å². The molecule has 120 valence electrons. The quantitative estimate of drug-likeness (QED) is 0.568. The average Bonchev–Trinajstić information content (AvgIpc) is 2.91. The number of benzene rings is 1. The number of thioether (sulfide) groups is 2. The van der Waals surface area contributed by atoms with Gasteiger partial charge in [0.15, 0.2) is 4.32 Å². The number of hydrogen-bond donors (Lipinski definition) is 1. The van der Waals surface area contributed by atoms with Crippen LogP contribution in [0.4, 0.5) is 5.69 Å². The topological polar surface area (TPSA) is 52.7 Å². The Morgan fingerprint density at radius 3 is 2.57 bits per heavy atom. The van der Waals surface area contributed by atoms with Gasteiger partial charge in [0.05, 0.1) is 20.8 Å². The summed E-state index contributed by atoms with van der Waals surface area (Å²) in [4.78, 5) is 26.9. The molecule has 2 aliphatic heterocycles. The predicted molar refractivity (Wildman–Crippen MR) is 98.6 cm³/mol. The fourth-order valence-corrected chi connectivity index (χ4v) is 5.01. The van der Waals surface area contributed by atoms with Crippen molar-refractivity contribution in [2.75, 3.05) is 11.9 Å². The number of fused-ring (bicyclic) bond motifs is 1. The van der Waals surface area contributed by atoms with Gasteiger partial charge in [-0.2, -0.15) is 5.01 Å². The number of amides is 2. The number of thiocarbonyl (C=S) groups is 1. The Hall–Kier alpha value is -0.930. The molecule has 1 N–H and O–H groups in total. The van der Waals surface area contributed by atoms with E-state index in [4.69, 9.17) is 35.4 Å². The number of halogens is 2. The predicted octanol–water partition coefficient (Wildman–Crippen LogP) is 3.62. The fraction of sp³-hybridized carbons (Fsp3) is 0.154. The molecule has 3 rings (SSSR count). The average molecular weight is 406 g/mol. The molecule has 0 aromatic heterocycles. The van der Waals surface area contributed by atoms with E-state index in [1.54, 1.807) is 12.1 Å². The van der Waals surface area contributed by atoms with E-state index < -0.39 is 0 Å². The van der Waals surface area contributed by atoms with Gasteiger partial charge in [-0.25, -0.2) is 0 Å². The Labute approximate surface area is 156 Å². The maximum Gasteiger partial charge on any atom is 0.287 e. The lowest BCUT2D eigenvalue weighted by molar-refractivity contribution is -0.132. The van der Waals surface area contributed by atoms with Gasteiger partial charge in [0.25, 0.3) is 5.91 Å². The molecule has 10 heteroatoms. The summed E-state index contributed by atoms with van der Waals surface area (Å²) >= 11 is 19.8. The van der Waals surface area contributed by atoms with Crippen molar-refractivity contribution in [3.8, 4) is 0 Å². The van der Waals surface area contributed by atoms with Crippen molar-refractivity contribution in [1.29, 1.82) is 0 Å². The van der Waals surface area contributed by atoms with E-state index in [2.05, 4.69) is 5.43 Å². The van der Waals surface area contributed by atoms with Crippen molar-refractivity contribution >= 4 is 80.8 Å². The van der Waals surface area contributed by atoms with Crippen molar-refractivity contribution < 1.29 is 9.59 Å². The molecule has 0 spiro atoms. The molecule has 1 fully saturated rings. The van der Waals surface area contributed by atoms with E-state index in [9.17, 15) is 9.59 Å². The molecule has 1 saturated heterocycles. The van der Waals surface area contributed by atoms with Gasteiger partial charge in [-0.1, -0.05) is 35.0 Å². The number of rotatable bonds is 1. The van der Waals surface area contributed by atoms with Gasteiger partial charge >= 0.3 is 0 Å². The van der Waals surface area contributed by atoms with Gasteiger partial charge < -0.3 is 4.90 Å². The van der Waals surface area contributed by atoms with Crippen LogP contribution in [0, 0.1) is 0 Å². The standard InChI is InChI=1S/C13H9Cl2N3O2S3/c1-5(19)16-18-11(20)10(23-13(18)21)12-17(2)8-3-6(14)7(15)4-9(8)22-12/h3-4H,1-2H3,(H,16,19)/b12-10-. The Kier molecular flexibility index (Phi) is 4.54. The number of carbonyl (C=O) groups excluding carboxylic acids is 2. The van der Waals surface area contributed by atoms with E-state index in [-0.39, 0.29) is 16.1 Å². The largest absolute Gasteiger partial charge is 0.337 e. The molecule has 0 saturated carbocycles. The molecule has 0 bridgehead atoms. The number of carbonyl (C=O) groups is 2. The summed E-state index contributed by atoms with van der Waals surface area (Å²) in [5, 5.41) is 2.72. The minimum atomic E-state index is -0.359. The highest BCUT2D eigenvalue weighted by atomic mass is 35.5. The van der Waals surface area contributed by atoms with E-state index in [1.807, 2.05) is 11.9 Å². The summed E-state index contributed by atoms with van der Waals surface area (Å²) in [5.41, 5.74) is 3.29. The molecule has 2 aliphatic rings. The fourth-order valence-electron chi connectivity index (χ4n) is 2.09. The van der Waals surface area contributed by atoms with E-state index in [1.165, 1.54) is 18.7 Å². The molecule has 0 radical (unpaired) electrons. The Morgan fingerprint density at radius 1 is 1.26 bits per heavy atom. The van der Waals surface area contributed by atoms with Crippen molar-refractivity contribution in [2.45, 2.75) is 11.8 Å². The molecule has 23 heavy (non-hydrogen) atoms. The van der Waals surface area contributed by atoms with Gasteiger partial charge in [-0.05, 0) is 36.1 Å². The van der Waals surface area contributed by atoms with Gasteiger partial charge in [-0.15, -0.1) is 0 Å². The maximum absolute atomic E-state index is 12.5. The van der Waals surface area contributed by atoms with Crippen LogP contribution in [0.25, 0.3) is 0 Å². The van der Waals surface area contributed by atoms with Crippen molar-refractivity contribution in [3.63, 3.8) is 0 Å². The number of anilines is 1. The second-order valence-electron chi connectivity index (χ2n) is 4.71. The smallest absolute Gasteiger partial charge is 0.287 e. The molecular formula is C13H9Cl2N3O2S3. The Bertz CT molecular complexity index is 797. The van der Waals surface area contributed by atoms with Crippen LogP contribution in [0.2, 0.25) is 10.0 Å². The number of nitrogens with zero attached hydrogens (tertiary/aromatic N) is 2. The van der Waals surface area contributed by atoms with E-state index >= 15 is 0 Å². The van der Waals surface area contributed by atoms with Crippen LogP contribution in [0.3, 0.4) is 0 Å². The first-order valence-corrected chi connectivity index (χ1v) is 9.07. The first kappa shape index (κ1) is 16.9. The maximum atomic E-state index is 12.5. The molecule has 0 unspecified atom stereocenters. The van der Waals surface area contributed by atoms with Gasteiger partial charge in [0.1, 0.15) is 4.91 Å². The van der Waals surface area contributed by atoms with Crippen LogP contribution in [0.1, 0.15) is 6.92 Å². The third kappa shape index (κ3) is 2.94. The van der Waals surface area contributed by atoms with Crippen LogP contribution in [-0.4, -0.2) is 28.2 Å². The minimum absolute atomic E-state index is 0.286. The Balaban J connectivity index is 1.99. The third-order valence-electron chi connectivity index (χ3n) is 3.11. The summed E-state index contributed by atoms with van der Waals surface area (Å²) in [6.07, 6.45) is 0. The lowest BCUT2D eigenvalue weighted by Crippen LogP contribution is -2.43. The van der Waals surface area contributed by atoms with Crippen LogP contribution in [0.5, 0.6) is 0 Å². The molecule has 0 atom stereocenters. The summed E-state index contributed by atoms with van der Waals surface area (Å²) in [5.74, 6) is -0.712. The highest BCUT2D eigenvalue weighted by Crippen LogP contribution is 2.51. The van der Waals surface area contributed by atoms with E-state index in [0.29, 0.717) is 15.0 Å². The molecule has 0 aliphatic carbocycles. The first-order valence-electron chi connectivity index (χ1n) is 6.28. The van der Waals surface area contributed by atoms with Crippen LogP contribution >= 0.6 is 58.9 Å². The second kappa shape index (κ2) is 6.18. The summed E-state index contributed by atoms with van der Waals surface area (Å²) in [7, 11) is 1.84. The Morgan fingerprint density at radius 2 is 1.91 bits per heavy atom. The third-order valence-corrected chi connectivity index (χ3v) is 6.54. The van der Waals surface area contributed by atoms with Gasteiger partial charge in [-0.3, -0.25) is 15.0 Å². The minimum Gasteiger partial charge on any atom is -0.337 e. The van der Waals surface area contributed by atoms with Gasteiger partial charge in [0.2, 0.25) is 5.91 Å². The molecular weight excluding hydrogens is 397 g/mol. The number of nitrogens with one attached hydrogen (secondary N) is 1. The monoisotopic (exact) mass is 405 g/mol.